The summed E-state index contributed by atoms with van der Waals surface area (Å²) in [6.45, 7) is 3.28. The van der Waals surface area contributed by atoms with E-state index >= 15 is 0 Å². The van der Waals surface area contributed by atoms with Gasteiger partial charge in [0.15, 0.2) is 0 Å². The fraction of sp³-hybridized carbons (Fsp3) is 0.222. The molecule has 2 rings (SSSR count). The lowest BCUT2D eigenvalue weighted by atomic mass is 10.0. The Bertz CT molecular complexity index is 823. The quantitative estimate of drug-likeness (QED) is 0.747. The lowest BCUT2D eigenvalue weighted by Gasteiger charge is -2.22. The summed E-state index contributed by atoms with van der Waals surface area (Å²) in [5.41, 5.74) is -0.851. The molecule has 4 nitrogen and oxygen atoms in total. The second-order valence-corrected chi connectivity index (χ2v) is 6.82. The second-order valence-electron chi connectivity index (χ2n) is 5.91. The van der Waals surface area contributed by atoms with Gasteiger partial charge in [-0.3, -0.25) is 9.59 Å². The Labute approximate surface area is 156 Å². The summed E-state index contributed by atoms with van der Waals surface area (Å²) in [6.07, 6.45) is 0. The first-order valence-electron chi connectivity index (χ1n) is 7.71. The van der Waals surface area contributed by atoms with Crippen molar-refractivity contribution in [2.45, 2.75) is 19.9 Å². The van der Waals surface area contributed by atoms with Gasteiger partial charge < -0.3 is 10.6 Å². The van der Waals surface area contributed by atoms with Crippen LogP contribution in [0.3, 0.4) is 0 Å². The van der Waals surface area contributed by atoms with Crippen molar-refractivity contribution in [3.63, 3.8) is 0 Å². The molecule has 0 aliphatic rings. The molecular formula is C18H16BrF3N2O2. The van der Waals surface area contributed by atoms with Gasteiger partial charge in [0.2, 0.25) is 5.91 Å². The van der Waals surface area contributed by atoms with E-state index in [0.717, 1.165) is 18.2 Å². The molecule has 0 saturated carbocycles. The van der Waals surface area contributed by atoms with Crippen molar-refractivity contribution in [3.05, 3.63) is 63.9 Å². The standard InChI is InChI=1S/C18H16BrF3N2O2/c1-9(2)16(18(26)23-14-7-6-10(19)8-13(14)22)24-17(25)15-11(20)4-3-5-12(15)21/h3-9,16H,1-2H3,(H,23,26)(H,24,25). The molecule has 0 saturated heterocycles. The topological polar surface area (TPSA) is 58.2 Å². The maximum absolute atomic E-state index is 13.9. The van der Waals surface area contributed by atoms with E-state index < -0.39 is 46.8 Å². The van der Waals surface area contributed by atoms with Crippen LogP contribution in [-0.2, 0) is 4.79 Å². The van der Waals surface area contributed by atoms with Crippen molar-refractivity contribution in [2.75, 3.05) is 5.32 Å². The van der Waals surface area contributed by atoms with Crippen molar-refractivity contribution in [3.8, 4) is 0 Å². The van der Waals surface area contributed by atoms with Gasteiger partial charge in [-0.25, -0.2) is 13.2 Å². The van der Waals surface area contributed by atoms with Gasteiger partial charge in [0.1, 0.15) is 29.1 Å². The molecular weight excluding hydrogens is 413 g/mol. The van der Waals surface area contributed by atoms with E-state index in [4.69, 9.17) is 0 Å². The van der Waals surface area contributed by atoms with Gasteiger partial charge in [0.05, 0.1) is 5.69 Å². The molecule has 1 atom stereocenters. The minimum Gasteiger partial charge on any atom is -0.340 e. The highest BCUT2D eigenvalue weighted by atomic mass is 79.9. The highest BCUT2D eigenvalue weighted by Gasteiger charge is 2.27. The average Bonchev–Trinajstić information content (AvgIpc) is 2.54. The molecule has 0 radical (unpaired) electrons. The highest BCUT2D eigenvalue weighted by Crippen LogP contribution is 2.20. The number of hydrogen-bond donors (Lipinski definition) is 2. The lowest BCUT2D eigenvalue weighted by Crippen LogP contribution is -2.47. The Morgan fingerprint density at radius 1 is 1.00 bits per heavy atom. The molecule has 26 heavy (non-hydrogen) atoms. The Morgan fingerprint density at radius 3 is 2.15 bits per heavy atom. The van der Waals surface area contributed by atoms with Crippen LogP contribution in [0.25, 0.3) is 0 Å². The molecule has 8 heteroatoms. The molecule has 0 spiro atoms. The lowest BCUT2D eigenvalue weighted by molar-refractivity contribution is -0.118. The summed E-state index contributed by atoms with van der Waals surface area (Å²) in [6, 6.07) is 5.96. The van der Waals surface area contributed by atoms with Crippen molar-refractivity contribution in [1.29, 1.82) is 0 Å². The SMILES string of the molecule is CC(C)C(NC(=O)c1c(F)cccc1F)C(=O)Nc1ccc(Br)cc1F. The number of rotatable bonds is 5. The number of nitrogens with one attached hydrogen (secondary N) is 2. The monoisotopic (exact) mass is 428 g/mol. The molecule has 2 aromatic rings. The molecule has 2 aromatic carbocycles. The highest BCUT2D eigenvalue weighted by molar-refractivity contribution is 9.10. The van der Waals surface area contributed by atoms with Crippen LogP contribution in [0, 0.1) is 23.4 Å². The Kier molecular flexibility index (Phi) is 6.42. The number of benzene rings is 2. The molecule has 0 fully saturated rings. The van der Waals surface area contributed by atoms with Crippen molar-refractivity contribution in [1.82, 2.24) is 5.32 Å². The number of anilines is 1. The van der Waals surface area contributed by atoms with Crippen molar-refractivity contribution >= 4 is 33.4 Å². The number of halogens is 4. The molecule has 0 aromatic heterocycles. The van der Waals surface area contributed by atoms with Crippen molar-refractivity contribution in [2.24, 2.45) is 5.92 Å². The Morgan fingerprint density at radius 2 is 1.62 bits per heavy atom. The minimum atomic E-state index is -1.12. The maximum atomic E-state index is 13.9. The first-order valence-corrected chi connectivity index (χ1v) is 8.50. The predicted octanol–water partition coefficient (Wildman–Crippen LogP) is 4.26. The summed E-state index contributed by atoms with van der Waals surface area (Å²) in [5, 5.41) is 4.67. The zero-order valence-electron chi connectivity index (χ0n) is 13.9. The van der Waals surface area contributed by atoms with Crippen LogP contribution in [-0.4, -0.2) is 17.9 Å². The zero-order chi connectivity index (χ0) is 19.4. The van der Waals surface area contributed by atoms with Crippen LogP contribution in [0.1, 0.15) is 24.2 Å². The summed E-state index contributed by atoms with van der Waals surface area (Å²) in [7, 11) is 0. The van der Waals surface area contributed by atoms with Gasteiger partial charge >= 0.3 is 0 Å². The van der Waals surface area contributed by atoms with E-state index in [1.165, 1.54) is 18.2 Å². The third-order valence-electron chi connectivity index (χ3n) is 3.61. The first kappa shape index (κ1) is 20.0. The molecule has 0 bridgehead atoms. The van der Waals surface area contributed by atoms with E-state index in [1.54, 1.807) is 13.8 Å². The van der Waals surface area contributed by atoms with E-state index in [9.17, 15) is 22.8 Å². The predicted molar refractivity (Wildman–Crippen MR) is 95.2 cm³/mol. The zero-order valence-corrected chi connectivity index (χ0v) is 15.5. The van der Waals surface area contributed by atoms with Gasteiger partial charge in [-0.1, -0.05) is 35.8 Å². The number of carbonyl (C=O) groups is 2. The summed E-state index contributed by atoms with van der Waals surface area (Å²) >= 11 is 3.11. The number of hydrogen-bond acceptors (Lipinski definition) is 2. The summed E-state index contributed by atoms with van der Waals surface area (Å²) < 4.78 is 41.8. The fourth-order valence-electron chi connectivity index (χ4n) is 2.26. The average molecular weight is 429 g/mol. The molecule has 2 amide bonds. The normalized spacial score (nSPS) is 12.0. The molecule has 2 N–H and O–H groups in total. The van der Waals surface area contributed by atoms with Crippen LogP contribution in [0.2, 0.25) is 0 Å². The first-order chi connectivity index (χ1) is 12.2. The van der Waals surface area contributed by atoms with Crippen LogP contribution < -0.4 is 10.6 Å². The van der Waals surface area contributed by atoms with Gasteiger partial charge in [0.25, 0.3) is 5.91 Å². The van der Waals surface area contributed by atoms with E-state index in [2.05, 4.69) is 26.6 Å². The van der Waals surface area contributed by atoms with Gasteiger partial charge in [-0.15, -0.1) is 0 Å². The number of carbonyl (C=O) groups excluding carboxylic acids is 2. The fourth-order valence-corrected chi connectivity index (χ4v) is 2.60. The second kappa shape index (κ2) is 8.35. The van der Waals surface area contributed by atoms with E-state index in [1.807, 2.05) is 0 Å². The van der Waals surface area contributed by atoms with Crippen molar-refractivity contribution < 1.29 is 22.8 Å². The van der Waals surface area contributed by atoms with Crippen LogP contribution in [0.15, 0.2) is 40.9 Å². The number of amides is 2. The van der Waals surface area contributed by atoms with Gasteiger partial charge in [-0.2, -0.15) is 0 Å². The third kappa shape index (κ3) is 4.63. The van der Waals surface area contributed by atoms with E-state index in [0.29, 0.717) is 4.47 Å². The Balaban J connectivity index is 2.20. The summed E-state index contributed by atoms with van der Waals surface area (Å²) in [4.78, 5) is 24.7. The van der Waals surface area contributed by atoms with Crippen LogP contribution in [0.4, 0.5) is 18.9 Å². The molecule has 138 valence electrons. The van der Waals surface area contributed by atoms with Gasteiger partial charge in [0, 0.05) is 4.47 Å². The summed E-state index contributed by atoms with van der Waals surface area (Å²) in [5.74, 6) is -4.92. The van der Waals surface area contributed by atoms with E-state index in [-0.39, 0.29) is 5.69 Å². The molecule has 1 unspecified atom stereocenters. The smallest absolute Gasteiger partial charge is 0.257 e. The third-order valence-corrected chi connectivity index (χ3v) is 4.11. The van der Waals surface area contributed by atoms with Crippen LogP contribution in [0.5, 0.6) is 0 Å². The van der Waals surface area contributed by atoms with Crippen LogP contribution >= 0.6 is 15.9 Å². The Hall–Kier alpha value is -2.35. The molecule has 0 aliphatic heterocycles. The molecule has 0 heterocycles. The largest absolute Gasteiger partial charge is 0.340 e. The maximum Gasteiger partial charge on any atom is 0.257 e. The molecule has 0 aliphatic carbocycles. The minimum absolute atomic E-state index is 0.0739. The van der Waals surface area contributed by atoms with Gasteiger partial charge in [-0.05, 0) is 36.2 Å².